The van der Waals surface area contributed by atoms with Gasteiger partial charge in [0.05, 0.1) is 0 Å². The molecule has 1 rings (SSSR count). The maximum atomic E-state index is 12.0. The van der Waals surface area contributed by atoms with Crippen LogP contribution in [0.1, 0.15) is 45.1 Å². The predicted octanol–water partition coefficient (Wildman–Crippen LogP) is 3.27. The number of hydrogen-bond acceptors (Lipinski definition) is 3. The van der Waals surface area contributed by atoms with E-state index in [2.05, 4.69) is 5.32 Å². The van der Waals surface area contributed by atoms with E-state index in [0.717, 1.165) is 30.4 Å². The summed E-state index contributed by atoms with van der Waals surface area (Å²) < 4.78 is 0. The van der Waals surface area contributed by atoms with Crippen LogP contribution in [0.5, 0.6) is 0 Å². The Bertz CT molecular complexity index is 588. The highest BCUT2D eigenvalue weighted by molar-refractivity contribution is 5.93. The van der Waals surface area contributed by atoms with E-state index in [-0.39, 0.29) is 18.3 Å². The first-order valence-electron chi connectivity index (χ1n) is 8.35. The van der Waals surface area contributed by atoms with E-state index in [1.54, 1.807) is 6.92 Å². The molecule has 0 unspecified atom stereocenters. The number of allylic oxidation sites excluding steroid dienone is 2. The summed E-state index contributed by atoms with van der Waals surface area (Å²) in [5, 5.41) is 11.5. The highest BCUT2D eigenvalue weighted by Crippen LogP contribution is 2.09. The Kier molecular flexibility index (Phi) is 9.39. The first kappa shape index (κ1) is 19.8. The van der Waals surface area contributed by atoms with Gasteiger partial charge in [-0.25, -0.2) is 0 Å². The summed E-state index contributed by atoms with van der Waals surface area (Å²) in [4.78, 5) is 23.0. The number of benzene rings is 1. The molecule has 24 heavy (non-hydrogen) atoms. The van der Waals surface area contributed by atoms with Gasteiger partial charge in [-0.1, -0.05) is 54.5 Å². The fourth-order valence-corrected chi connectivity index (χ4v) is 2.31. The van der Waals surface area contributed by atoms with Crippen LogP contribution in [0.2, 0.25) is 0 Å². The molecule has 0 fully saturated rings. The molecular formula is C20H27NO3. The van der Waals surface area contributed by atoms with Gasteiger partial charge in [-0.2, -0.15) is 0 Å². The van der Waals surface area contributed by atoms with Crippen LogP contribution in [-0.2, 0) is 9.59 Å². The van der Waals surface area contributed by atoms with Gasteiger partial charge in [-0.3, -0.25) is 9.59 Å². The molecular weight excluding hydrogens is 302 g/mol. The molecule has 4 heteroatoms. The lowest BCUT2D eigenvalue weighted by molar-refractivity contribution is -0.122. The van der Waals surface area contributed by atoms with Crippen molar-refractivity contribution in [2.75, 3.05) is 13.2 Å². The molecule has 1 aromatic carbocycles. The fraction of sp³-hybridized carbons (Fsp3) is 0.400. The number of nitrogens with one attached hydrogen (secondary N) is 1. The maximum absolute atomic E-state index is 12.0. The van der Waals surface area contributed by atoms with Crippen molar-refractivity contribution in [3.8, 4) is 0 Å². The second-order valence-electron chi connectivity index (χ2n) is 5.89. The quantitative estimate of drug-likeness (QED) is 0.393. The SMILES string of the molecule is CC(=C\c1ccccc1)/C=C(\C)C(=O)NCCCCCC(=O)CO. The highest BCUT2D eigenvalue weighted by atomic mass is 16.3. The second kappa shape index (κ2) is 11.4. The molecule has 0 aliphatic carbocycles. The Morgan fingerprint density at radius 3 is 2.46 bits per heavy atom. The zero-order chi connectivity index (χ0) is 17.8. The van der Waals surface area contributed by atoms with E-state index in [0.29, 0.717) is 18.5 Å². The fourth-order valence-electron chi connectivity index (χ4n) is 2.31. The number of carbonyl (C=O) groups is 2. The summed E-state index contributed by atoms with van der Waals surface area (Å²) in [5.74, 6) is -0.194. The summed E-state index contributed by atoms with van der Waals surface area (Å²) in [7, 11) is 0. The average molecular weight is 329 g/mol. The first-order valence-corrected chi connectivity index (χ1v) is 8.35. The third-order valence-electron chi connectivity index (χ3n) is 3.59. The number of aliphatic hydroxyl groups excluding tert-OH is 1. The molecule has 0 bridgehead atoms. The smallest absolute Gasteiger partial charge is 0.246 e. The van der Waals surface area contributed by atoms with Gasteiger partial charge >= 0.3 is 0 Å². The molecule has 0 radical (unpaired) electrons. The van der Waals surface area contributed by atoms with Crippen LogP contribution in [0.15, 0.2) is 47.6 Å². The number of carbonyl (C=O) groups excluding carboxylic acids is 2. The number of hydrogen-bond donors (Lipinski definition) is 2. The van der Waals surface area contributed by atoms with Crippen molar-refractivity contribution >= 4 is 17.8 Å². The van der Waals surface area contributed by atoms with Crippen molar-refractivity contribution in [3.05, 3.63) is 53.1 Å². The monoisotopic (exact) mass is 329 g/mol. The van der Waals surface area contributed by atoms with Crippen LogP contribution in [0.25, 0.3) is 6.08 Å². The van der Waals surface area contributed by atoms with Crippen LogP contribution in [0.4, 0.5) is 0 Å². The summed E-state index contributed by atoms with van der Waals surface area (Å²) >= 11 is 0. The van der Waals surface area contributed by atoms with Crippen molar-refractivity contribution in [3.63, 3.8) is 0 Å². The van der Waals surface area contributed by atoms with Crippen LogP contribution < -0.4 is 5.32 Å². The van der Waals surface area contributed by atoms with Crippen molar-refractivity contribution in [2.45, 2.75) is 39.5 Å². The van der Waals surface area contributed by atoms with Gasteiger partial charge in [-0.05, 0) is 32.3 Å². The second-order valence-corrected chi connectivity index (χ2v) is 5.89. The molecule has 0 spiro atoms. The predicted molar refractivity (Wildman–Crippen MR) is 97.4 cm³/mol. The summed E-state index contributed by atoms with van der Waals surface area (Å²) in [6.07, 6.45) is 6.77. The summed E-state index contributed by atoms with van der Waals surface area (Å²) in [5.41, 5.74) is 2.81. The van der Waals surface area contributed by atoms with E-state index in [9.17, 15) is 9.59 Å². The molecule has 0 atom stereocenters. The molecule has 0 aliphatic heterocycles. The molecule has 4 nitrogen and oxygen atoms in total. The zero-order valence-electron chi connectivity index (χ0n) is 14.5. The van der Waals surface area contributed by atoms with Crippen molar-refractivity contribution in [1.82, 2.24) is 5.32 Å². The van der Waals surface area contributed by atoms with Crippen LogP contribution in [0.3, 0.4) is 0 Å². The lowest BCUT2D eigenvalue weighted by Crippen LogP contribution is -2.25. The molecule has 0 aromatic heterocycles. The minimum Gasteiger partial charge on any atom is -0.389 e. The summed E-state index contributed by atoms with van der Waals surface area (Å²) in [6.45, 7) is 3.99. The third kappa shape index (κ3) is 8.44. The number of rotatable bonds is 10. The van der Waals surface area contributed by atoms with Crippen molar-refractivity contribution < 1.29 is 14.7 Å². The highest BCUT2D eigenvalue weighted by Gasteiger charge is 2.04. The van der Waals surface area contributed by atoms with Gasteiger partial charge in [0.15, 0.2) is 5.78 Å². The van der Waals surface area contributed by atoms with Gasteiger partial charge in [0, 0.05) is 18.5 Å². The Balaban J connectivity index is 2.33. The zero-order valence-corrected chi connectivity index (χ0v) is 14.5. The largest absolute Gasteiger partial charge is 0.389 e. The average Bonchev–Trinajstić information content (AvgIpc) is 2.58. The third-order valence-corrected chi connectivity index (χ3v) is 3.59. The molecule has 1 aromatic rings. The normalized spacial score (nSPS) is 12.1. The number of Topliss-reactive ketones (excluding diaryl/α,β-unsaturated/α-hetero) is 1. The number of amides is 1. The van der Waals surface area contributed by atoms with E-state index in [4.69, 9.17) is 5.11 Å². The van der Waals surface area contributed by atoms with Gasteiger partial charge in [0.1, 0.15) is 6.61 Å². The lowest BCUT2D eigenvalue weighted by atomic mass is 10.1. The van der Waals surface area contributed by atoms with E-state index in [1.807, 2.05) is 49.4 Å². The molecule has 0 saturated heterocycles. The topological polar surface area (TPSA) is 66.4 Å². The molecule has 0 aliphatic rings. The standard InChI is InChI=1S/C20H27NO3/c1-16(14-18-9-5-3-6-10-18)13-17(2)20(24)21-12-8-4-7-11-19(23)15-22/h3,5-6,9-10,13-14,22H,4,7-8,11-12,15H2,1-2H3,(H,21,24)/b16-14+,17-13+. The van der Waals surface area contributed by atoms with Gasteiger partial charge in [-0.15, -0.1) is 0 Å². The molecule has 1 amide bonds. The van der Waals surface area contributed by atoms with Crippen LogP contribution in [0, 0.1) is 0 Å². The van der Waals surface area contributed by atoms with Gasteiger partial charge in [0.25, 0.3) is 0 Å². The lowest BCUT2D eigenvalue weighted by Gasteiger charge is -2.06. The minimum atomic E-state index is -0.378. The Hall–Kier alpha value is -2.20. The van der Waals surface area contributed by atoms with Crippen molar-refractivity contribution in [2.24, 2.45) is 0 Å². The van der Waals surface area contributed by atoms with Crippen LogP contribution in [-0.4, -0.2) is 29.9 Å². The van der Waals surface area contributed by atoms with Gasteiger partial charge < -0.3 is 10.4 Å². The number of unbranched alkanes of at least 4 members (excludes halogenated alkanes) is 2. The summed E-state index contributed by atoms with van der Waals surface area (Å²) in [6, 6.07) is 9.98. The Morgan fingerprint density at radius 1 is 1.08 bits per heavy atom. The molecule has 0 saturated carbocycles. The molecule has 130 valence electrons. The van der Waals surface area contributed by atoms with Gasteiger partial charge in [0.2, 0.25) is 5.91 Å². The Labute approximate surface area is 144 Å². The number of aliphatic hydroxyl groups is 1. The van der Waals surface area contributed by atoms with Crippen molar-refractivity contribution in [1.29, 1.82) is 0 Å². The van der Waals surface area contributed by atoms with E-state index < -0.39 is 0 Å². The minimum absolute atomic E-state index is 0.0674. The number of ketones is 1. The van der Waals surface area contributed by atoms with Crippen LogP contribution >= 0.6 is 0 Å². The van der Waals surface area contributed by atoms with E-state index >= 15 is 0 Å². The molecule has 0 heterocycles. The maximum Gasteiger partial charge on any atom is 0.246 e. The molecule has 2 N–H and O–H groups in total. The first-order chi connectivity index (χ1) is 11.5. The Morgan fingerprint density at radius 2 is 1.79 bits per heavy atom. The van der Waals surface area contributed by atoms with E-state index in [1.165, 1.54) is 0 Å².